The molecule has 8 heteroatoms. The second-order valence-corrected chi connectivity index (χ2v) is 7.27. The Labute approximate surface area is 184 Å². The second kappa shape index (κ2) is 11.2. The standard InChI is InChI=1S/C19H29ClN4O2.HI/c1-21-19(22-12-16-5-3-4-10-26-16)23-15-8-9-24(13-15)17-11-14(20)6-7-18(17)25-2;/h6-7,11,15-16H,3-5,8-10,12-13H2,1-2H3,(H2,21,22,23);1H. The summed E-state index contributed by atoms with van der Waals surface area (Å²) in [4.78, 5) is 6.66. The van der Waals surface area contributed by atoms with Crippen molar-refractivity contribution in [3.63, 3.8) is 0 Å². The summed E-state index contributed by atoms with van der Waals surface area (Å²) in [5.41, 5.74) is 1.04. The molecule has 3 rings (SSSR count). The molecule has 1 aromatic carbocycles. The number of ether oxygens (including phenoxy) is 2. The minimum Gasteiger partial charge on any atom is -0.495 e. The monoisotopic (exact) mass is 508 g/mol. The van der Waals surface area contributed by atoms with Gasteiger partial charge in [-0.25, -0.2) is 0 Å². The highest BCUT2D eigenvalue weighted by Gasteiger charge is 2.26. The van der Waals surface area contributed by atoms with Crippen LogP contribution in [0.3, 0.4) is 0 Å². The van der Waals surface area contributed by atoms with E-state index < -0.39 is 0 Å². The third-order valence-electron chi connectivity index (χ3n) is 5.01. The molecule has 0 radical (unpaired) electrons. The minimum absolute atomic E-state index is 0. The first-order valence-corrected chi connectivity index (χ1v) is 9.74. The van der Waals surface area contributed by atoms with Crippen molar-refractivity contribution in [3.05, 3.63) is 23.2 Å². The maximum Gasteiger partial charge on any atom is 0.191 e. The third kappa shape index (κ3) is 6.29. The van der Waals surface area contributed by atoms with Crippen LogP contribution in [0.25, 0.3) is 0 Å². The first kappa shape index (κ1) is 22.4. The lowest BCUT2D eigenvalue weighted by atomic mass is 10.1. The Kier molecular flexibility index (Phi) is 9.25. The maximum atomic E-state index is 6.17. The summed E-state index contributed by atoms with van der Waals surface area (Å²) in [7, 11) is 3.50. The van der Waals surface area contributed by atoms with Crippen molar-refractivity contribution in [2.24, 2.45) is 4.99 Å². The van der Waals surface area contributed by atoms with Crippen molar-refractivity contribution >= 4 is 47.2 Å². The Balaban J connectivity index is 0.00000261. The highest BCUT2D eigenvalue weighted by Crippen LogP contribution is 2.33. The molecule has 0 spiro atoms. The van der Waals surface area contributed by atoms with Gasteiger partial charge in [-0.3, -0.25) is 4.99 Å². The lowest BCUT2D eigenvalue weighted by Crippen LogP contribution is -2.47. The molecule has 0 amide bonds. The zero-order chi connectivity index (χ0) is 18.4. The number of halogens is 2. The number of rotatable bonds is 5. The van der Waals surface area contributed by atoms with Crippen LogP contribution in [0.5, 0.6) is 5.75 Å². The lowest BCUT2D eigenvalue weighted by Gasteiger charge is -2.25. The van der Waals surface area contributed by atoms with Crippen molar-refractivity contribution < 1.29 is 9.47 Å². The molecule has 0 aliphatic carbocycles. The number of nitrogens with one attached hydrogen (secondary N) is 2. The van der Waals surface area contributed by atoms with E-state index in [2.05, 4.69) is 20.5 Å². The fourth-order valence-electron chi connectivity index (χ4n) is 3.57. The molecule has 2 aliphatic heterocycles. The Morgan fingerprint density at radius 2 is 2.22 bits per heavy atom. The van der Waals surface area contributed by atoms with Gasteiger partial charge >= 0.3 is 0 Å². The molecular weight excluding hydrogens is 479 g/mol. The van der Waals surface area contributed by atoms with Crippen molar-refractivity contribution in [1.82, 2.24) is 10.6 Å². The van der Waals surface area contributed by atoms with Gasteiger partial charge in [-0.1, -0.05) is 11.6 Å². The van der Waals surface area contributed by atoms with Gasteiger partial charge in [-0.05, 0) is 43.9 Å². The molecule has 2 heterocycles. The average Bonchev–Trinajstić information content (AvgIpc) is 3.14. The smallest absolute Gasteiger partial charge is 0.191 e. The van der Waals surface area contributed by atoms with Crippen LogP contribution in [0, 0.1) is 0 Å². The number of nitrogens with zero attached hydrogens (tertiary/aromatic N) is 2. The molecule has 2 fully saturated rings. The SMILES string of the molecule is CN=C(NCC1CCCCO1)NC1CCN(c2cc(Cl)ccc2OC)C1.I. The molecule has 2 N–H and O–H groups in total. The number of methoxy groups -OCH3 is 1. The van der Waals surface area contributed by atoms with Gasteiger partial charge in [0.2, 0.25) is 0 Å². The Morgan fingerprint density at radius 3 is 2.93 bits per heavy atom. The maximum absolute atomic E-state index is 6.17. The van der Waals surface area contributed by atoms with Crippen LogP contribution >= 0.6 is 35.6 Å². The summed E-state index contributed by atoms with van der Waals surface area (Å²) < 4.78 is 11.3. The number of aliphatic imine (C=N–C) groups is 1. The van der Waals surface area contributed by atoms with Gasteiger partial charge in [-0.2, -0.15) is 0 Å². The zero-order valence-electron chi connectivity index (χ0n) is 16.0. The normalized spacial score (nSPS) is 22.9. The van der Waals surface area contributed by atoms with Crippen molar-refractivity contribution in [2.75, 3.05) is 45.3 Å². The predicted molar refractivity (Wildman–Crippen MR) is 122 cm³/mol. The van der Waals surface area contributed by atoms with E-state index in [9.17, 15) is 0 Å². The van der Waals surface area contributed by atoms with Crippen LogP contribution in [-0.2, 0) is 4.74 Å². The van der Waals surface area contributed by atoms with E-state index in [1.807, 2.05) is 25.2 Å². The number of guanidine groups is 1. The van der Waals surface area contributed by atoms with Crippen LogP contribution < -0.4 is 20.3 Å². The van der Waals surface area contributed by atoms with Gasteiger partial charge in [0.05, 0.1) is 18.9 Å². The molecule has 0 bridgehead atoms. The summed E-state index contributed by atoms with van der Waals surface area (Å²) >= 11 is 6.17. The van der Waals surface area contributed by atoms with Crippen LogP contribution in [-0.4, -0.2) is 58.5 Å². The molecule has 2 unspecified atom stereocenters. The Morgan fingerprint density at radius 1 is 1.37 bits per heavy atom. The number of hydrogen-bond donors (Lipinski definition) is 2. The largest absolute Gasteiger partial charge is 0.495 e. The third-order valence-corrected chi connectivity index (χ3v) is 5.24. The number of benzene rings is 1. The second-order valence-electron chi connectivity index (χ2n) is 6.83. The first-order valence-electron chi connectivity index (χ1n) is 9.37. The summed E-state index contributed by atoms with van der Waals surface area (Å²) in [6.45, 7) is 3.52. The van der Waals surface area contributed by atoms with Crippen LogP contribution in [0.4, 0.5) is 5.69 Å². The van der Waals surface area contributed by atoms with E-state index in [4.69, 9.17) is 21.1 Å². The molecule has 0 saturated carbocycles. The van der Waals surface area contributed by atoms with E-state index in [-0.39, 0.29) is 30.1 Å². The van der Waals surface area contributed by atoms with Crippen molar-refractivity contribution in [2.45, 2.75) is 37.8 Å². The first-order chi connectivity index (χ1) is 12.7. The molecule has 2 atom stereocenters. The molecule has 1 aromatic rings. The topological polar surface area (TPSA) is 58.1 Å². The van der Waals surface area contributed by atoms with Gasteiger partial charge in [0, 0.05) is 44.4 Å². The van der Waals surface area contributed by atoms with E-state index in [1.54, 1.807) is 7.11 Å². The zero-order valence-corrected chi connectivity index (χ0v) is 19.1. The number of hydrogen-bond acceptors (Lipinski definition) is 4. The predicted octanol–water partition coefficient (Wildman–Crippen LogP) is 3.28. The summed E-state index contributed by atoms with van der Waals surface area (Å²) in [5, 5.41) is 7.65. The Hall–Kier alpha value is -0.930. The molecule has 27 heavy (non-hydrogen) atoms. The lowest BCUT2D eigenvalue weighted by molar-refractivity contribution is 0.0194. The van der Waals surface area contributed by atoms with E-state index >= 15 is 0 Å². The van der Waals surface area contributed by atoms with Gasteiger partial charge in [0.1, 0.15) is 5.75 Å². The summed E-state index contributed by atoms with van der Waals surface area (Å²) in [6.07, 6.45) is 4.87. The van der Waals surface area contributed by atoms with Gasteiger partial charge in [0.15, 0.2) is 5.96 Å². The van der Waals surface area contributed by atoms with Gasteiger partial charge in [0.25, 0.3) is 0 Å². The highest BCUT2D eigenvalue weighted by molar-refractivity contribution is 14.0. The number of anilines is 1. The Bertz CT molecular complexity index is 626. The molecule has 0 aromatic heterocycles. The molecular formula is C19H30ClIN4O2. The fourth-order valence-corrected chi connectivity index (χ4v) is 3.74. The molecule has 6 nitrogen and oxygen atoms in total. The molecule has 2 aliphatic rings. The van der Waals surface area contributed by atoms with Crippen LogP contribution in [0.1, 0.15) is 25.7 Å². The average molecular weight is 509 g/mol. The van der Waals surface area contributed by atoms with Gasteiger partial charge < -0.3 is 25.0 Å². The van der Waals surface area contributed by atoms with Crippen LogP contribution in [0.2, 0.25) is 5.02 Å². The minimum atomic E-state index is 0. The van der Waals surface area contributed by atoms with E-state index in [0.29, 0.717) is 6.04 Å². The van der Waals surface area contributed by atoms with Crippen molar-refractivity contribution in [1.29, 1.82) is 0 Å². The van der Waals surface area contributed by atoms with Crippen LogP contribution in [0.15, 0.2) is 23.2 Å². The summed E-state index contributed by atoms with van der Waals surface area (Å²) in [5.74, 6) is 1.69. The van der Waals surface area contributed by atoms with E-state index in [1.165, 1.54) is 12.8 Å². The quantitative estimate of drug-likeness (QED) is 0.363. The molecule has 2 saturated heterocycles. The highest BCUT2D eigenvalue weighted by atomic mass is 127. The fraction of sp³-hybridized carbons (Fsp3) is 0.632. The molecule has 152 valence electrons. The van der Waals surface area contributed by atoms with Crippen molar-refractivity contribution in [3.8, 4) is 5.75 Å². The van der Waals surface area contributed by atoms with E-state index in [0.717, 1.165) is 61.5 Å². The van der Waals surface area contributed by atoms with Gasteiger partial charge in [-0.15, -0.1) is 24.0 Å². The summed E-state index contributed by atoms with van der Waals surface area (Å²) in [6, 6.07) is 6.07.